The van der Waals surface area contributed by atoms with Crippen molar-refractivity contribution in [2.45, 2.75) is 25.3 Å². The van der Waals surface area contributed by atoms with Gasteiger partial charge in [0.05, 0.1) is 5.69 Å². The molecule has 1 fully saturated rings. The third-order valence-electron chi connectivity index (χ3n) is 3.81. The smallest absolute Gasteiger partial charge is 0.0523 e. The van der Waals surface area contributed by atoms with E-state index in [0.29, 0.717) is 12.0 Å². The number of fused-ring (bicyclic) bond motifs is 3. The molecular formula is C13H17BrN2. The molecule has 3 heteroatoms. The molecule has 0 radical (unpaired) electrons. The fourth-order valence-electron chi connectivity index (χ4n) is 3.00. The van der Waals surface area contributed by atoms with Crippen molar-refractivity contribution in [3.8, 4) is 0 Å². The predicted octanol–water partition coefficient (Wildman–Crippen LogP) is 2.97. The van der Waals surface area contributed by atoms with Gasteiger partial charge in [-0.15, -0.1) is 0 Å². The van der Waals surface area contributed by atoms with E-state index in [0.717, 1.165) is 0 Å². The lowest BCUT2D eigenvalue weighted by Crippen LogP contribution is -2.39. The maximum absolute atomic E-state index is 3.68. The van der Waals surface area contributed by atoms with Crippen LogP contribution >= 0.6 is 15.9 Å². The number of halogens is 1. The van der Waals surface area contributed by atoms with Crippen LogP contribution in [0.25, 0.3) is 0 Å². The van der Waals surface area contributed by atoms with Crippen LogP contribution in [0.5, 0.6) is 0 Å². The minimum atomic E-state index is 0.643. The fourth-order valence-corrected chi connectivity index (χ4v) is 3.71. The number of piperidine rings is 1. The largest absolute Gasteiger partial charge is 0.380 e. The summed E-state index contributed by atoms with van der Waals surface area (Å²) in [5.74, 6) is 0.671. The van der Waals surface area contributed by atoms with Gasteiger partial charge in [-0.1, -0.05) is 6.07 Å². The van der Waals surface area contributed by atoms with Crippen molar-refractivity contribution in [1.82, 2.24) is 4.90 Å². The molecule has 1 aromatic carbocycles. The summed E-state index contributed by atoms with van der Waals surface area (Å²) in [4.78, 5) is 2.44. The van der Waals surface area contributed by atoms with Crippen LogP contribution in [0.2, 0.25) is 0 Å². The first-order valence-electron chi connectivity index (χ1n) is 5.90. The molecule has 2 aliphatic rings. The summed E-state index contributed by atoms with van der Waals surface area (Å²) in [6, 6.07) is 5.19. The van der Waals surface area contributed by atoms with Crippen LogP contribution in [0.1, 0.15) is 23.5 Å². The van der Waals surface area contributed by atoms with Gasteiger partial charge in [-0.2, -0.15) is 0 Å². The van der Waals surface area contributed by atoms with E-state index in [1.54, 1.807) is 0 Å². The van der Waals surface area contributed by atoms with Gasteiger partial charge < -0.3 is 10.2 Å². The van der Waals surface area contributed by atoms with Crippen LogP contribution in [-0.2, 0) is 0 Å². The lowest BCUT2D eigenvalue weighted by atomic mass is 9.89. The minimum absolute atomic E-state index is 0.643. The SMILES string of the molecule is Cc1cc(Br)c2c(c1)[C@@H]1CN(C)CC[C@@H]1N2. The third kappa shape index (κ3) is 1.57. The normalized spacial score (nSPS) is 28.4. The molecule has 0 aliphatic carbocycles. The second kappa shape index (κ2) is 3.74. The molecule has 0 amide bonds. The van der Waals surface area contributed by atoms with E-state index < -0.39 is 0 Å². The quantitative estimate of drug-likeness (QED) is 0.786. The van der Waals surface area contributed by atoms with Crippen LogP contribution in [-0.4, -0.2) is 31.1 Å². The van der Waals surface area contributed by atoms with E-state index >= 15 is 0 Å². The number of rotatable bonds is 0. The molecule has 2 nitrogen and oxygen atoms in total. The standard InChI is InChI=1S/C13H17BrN2/c1-8-5-9-10-7-16(2)4-3-12(10)15-13(9)11(14)6-8/h5-6,10,12,15H,3-4,7H2,1-2H3/t10-,12-/m0/s1. The molecular weight excluding hydrogens is 264 g/mol. The molecule has 86 valence electrons. The van der Waals surface area contributed by atoms with Crippen molar-refractivity contribution in [2.75, 3.05) is 25.5 Å². The zero-order chi connectivity index (χ0) is 11.3. The molecule has 3 rings (SSSR count). The van der Waals surface area contributed by atoms with E-state index in [1.165, 1.54) is 40.8 Å². The van der Waals surface area contributed by atoms with Crippen molar-refractivity contribution < 1.29 is 0 Å². The number of likely N-dealkylation sites (N-methyl/N-ethyl adjacent to an activating group) is 1. The number of nitrogens with zero attached hydrogens (tertiary/aromatic N) is 1. The topological polar surface area (TPSA) is 15.3 Å². The predicted molar refractivity (Wildman–Crippen MR) is 71.1 cm³/mol. The van der Waals surface area contributed by atoms with E-state index in [1.807, 2.05) is 0 Å². The summed E-state index contributed by atoms with van der Waals surface area (Å²) < 4.78 is 1.22. The molecule has 0 bridgehead atoms. The zero-order valence-electron chi connectivity index (χ0n) is 9.76. The van der Waals surface area contributed by atoms with Gasteiger partial charge in [-0.25, -0.2) is 0 Å². The molecule has 0 aromatic heterocycles. The van der Waals surface area contributed by atoms with Crippen LogP contribution in [0, 0.1) is 6.92 Å². The highest BCUT2D eigenvalue weighted by Crippen LogP contribution is 2.43. The van der Waals surface area contributed by atoms with E-state index in [2.05, 4.69) is 52.3 Å². The van der Waals surface area contributed by atoms with Crippen LogP contribution in [0.15, 0.2) is 16.6 Å². The first-order chi connectivity index (χ1) is 7.65. The molecule has 0 saturated carbocycles. The lowest BCUT2D eigenvalue weighted by molar-refractivity contribution is 0.243. The maximum Gasteiger partial charge on any atom is 0.0523 e. The van der Waals surface area contributed by atoms with Crippen molar-refractivity contribution >= 4 is 21.6 Å². The van der Waals surface area contributed by atoms with Crippen molar-refractivity contribution in [1.29, 1.82) is 0 Å². The van der Waals surface area contributed by atoms with Crippen molar-refractivity contribution in [3.63, 3.8) is 0 Å². The number of anilines is 1. The van der Waals surface area contributed by atoms with Crippen molar-refractivity contribution in [3.05, 3.63) is 27.7 Å². The Kier molecular flexibility index (Phi) is 2.48. The monoisotopic (exact) mass is 280 g/mol. The first kappa shape index (κ1) is 10.6. The van der Waals surface area contributed by atoms with E-state index in [4.69, 9.17) is 0 Å². The van der Waals surface area contributed by atoms with Gasteiger partial charge >= 0.3 is 0 Å². The summed E-state index contributed by atoms with van der Waals surface area (Å²) in [5, 5.41) is 3.68. The first-order valence-corrected chi connectivity index (χ1v) is 6.69. The Bertz CT molecular complexity index is 430. The van der Waals surface area contributed by atoms with Crippen molar-refractivity contribution in [2.24, 2.45) is 0 Å². The van der Waals surface area contributed by atoms with Crippen LogP contribution in [0.4, 0.5) is 5.69 Å². The molecule has 0 unspecified atom stereocenters. The average Bonchev–Trinajstić information content (AvgIpc) is 2.57. The summed E-state index contributed by atoms with van der Waals surface area (Å²) in [5.41, 5.74) is 4.18. The second-order valence-electron chi connectivity index (χ2n) is 5.12. The Labute approximate surface area is 105 Å². The maximum atomic E-state index is 3.68. The van der Waals surface area contributed by atoms with Gasteiger partial charge in [0.1, 0.15) is 0 Å². The van der Waals surface area contributed by atoms with Gasteiger partial charge in [-0.05, 0) is 60.1 Å². The molecule has 16 heavy (non-hydrogen) atoms. The zero-order valence-corrected chi connectivity index (χ0v) is 11.3. The molecule has 2 atom stereocenters. The molecule has 1 N–H and O–H groups in total. The van der Waals surface area contributed by atoms with Gasteiger partial charge in [-0.3, -0.25) is 0 Å². The van der Waals surface area contributed by atoms with Gasteiger partial charge in [0.15, 0.2) is 0 Å². The fraction of sp³-hybridized carbons (Fsp3) is 0.538. The van der Waals surface area contributed by atoms with Crippen LogP contribution in [0.3, 0.4) is 0 Å². The lowest BCUT2D eigenvalue weighted by Gasteiger charge is -2.32. The van der Waals surface area contributed by atoms with Gasteiger partial charge in [0, 0.05) is 23.0 Å². The number of likely N-dealkylation sites (tertiary alicyclic amines) is 1. The minimum Gasteiger partial charge on any atom is -0.380 e. The van der Waals surface area contributed by atoms with Gasteiger partial charge in [0.2, 0.25) is 0 Å². The summed E-state index contributed by atoms with van der Waals surface area (Å²) in [7, 11) is 2.22. The number of nitrogens with one attached hydrogen (secondary N) is 1. The Hall–Kier alpha value is -0.540. The number of hydrogen-bond donors (Lipinski definition) is 1. The number of hydrogen-bond acceptors (Lipinski definition) is 2. The summed E-state index contributed by atoms with van der Waals surface area (Å²) >= 11 is 3.67. The molecule has 0 spiro atoms. The summed E-state index contributed by atoms with van der Waals surface area (Å²) in [6.07, 6.45) is 1.25. The Morgan fingerprint density at radius 3 is 3.06 bits per heavy atom. The molecule has 2 heterocycles. The Morgan fingerprint density at radius 1 is 1.44 bits per heavy atom. The number of benzene rings is 1. The second-order valence-corrected chi connectivity index (χ2v) is 5.97. The molecule has 1 saturated heterocycles. The van der Waals surface area contributed by atoms with Crippen LogP contribution < -0.4 is 5.32 Å². The highest BCUT2D eigenvalue weighted by Gasteiger charge is 2.36. The Balaban J connectivity index is 2.04. The number of aryl methyl sites for hydroxylation is 1. The van der Waals surface area contributed by atoms with Gasteiger partial charge in [0.25, 0.3) is 0 Å². The highest BCUT2D eigenvalue weighted by atomic mass is 79.9. The average molecular weight is 281 g/mol. The Morgan fingerprint density at radius 2 is 2.25 bits per heavy atom. The molecule has 1 aromatic rings. The molecule has 2 aliphatic heterocycles. The highest BCUT2D eigenvalue weighted by molar-refractivity contribution is 9.10. The third-order valence-corrected chi connectivity index (χ3v) is 4.44. The van der Waals surface area contributed by atoms with E-state index in [-0.39, 0.29) is 0 Å². The summed E-state index contributed by atoms with van der Waals surface area (Å²) in [6.45, 7) is 4.56. The van der Waals surface area contributed by atoms with E-state index in [9.17, 15) is 0 Å².